The average Bonchev–Trinajstić information content (AvgIpc) is 2.87. The molecule has 0 saturated carbocycles. The Morgan fingerprint density at radius 1 is 0.778 bits per heavy atom. The molecule has 1 heterocycles. The number of benzene rings is 2. The molecule has 0 aliphatic carbocycles. The number of pyridine rings is 1. The first-order valence-corrected chi connectivity index (χ1v) is 15.9. The van der Waals surface area contributed by atoms with Gasteiger partial charge in [0.15, 0.2) is 0 Å². The third-order valence-electron chi connectivity index (χ3n) is 6.75. The summed E-state index contributed by atoms with van der Waals surface area (Å²) in [5.74, 6) is 0.560. The summed E-state index contributed by atoms with van der Waals surface area (Å²) in [5.41, 5.74) is 1.28. The van der Waals surface area contributed by atoms with E-state index in [0.717, 1.165) is 23.3 Å². The van der Waals surface area contributed by atoms with E-state index in [2.05, 4.69) is 121 Å². The van der Waals surface area contributed by atoms with Crippen LogP contribution in [0.15, 0.2) is 89.5 Å². The molecule has 0 amide bonds. The van der Waals surface area contributed by atoms with Crippen LogP contribution in [-0.2, 0) is 4.43 Å². The minimum absolute atomic E-state index is 0.262. The van der Waals surface area contributed by atoms with Crippen LogP contribution in [0.2, 0.25) is 0 Å². The van der Waals surface area contributed by atoms with Crippen LogP contribution in [0.1, 0.15) is 71.4 Å². The molecule has 1 unspecified atom stereocenters. The number of unbranched alkanes of at least 4 members (excludes halogenated alkanes) is 5. The Hall–Kier alpha value is -2.01. The maximum Gasteiger partial charge on any atom is 0.239 e. The van der Waals surface area contributed by atoms with Crippen molar-refractivity contribution in [3.8, 4) is 0 Å². The largest absolute Gasteiger partial charge is 0.411 e. The standard InChI is InChI=1S/C32H42BrNOSi/c1-32(2,3)27(24-25-28-18-16-23-31(33)34-28)17-10-6-4-5-7-15-26-35-36(29-19-11-8-12-20-29)30-21-13-9-14-22-30/h8-9,11-14,16,18-25,27,36H,4-7,10,15,17,26H2,1-3H3. The summed E-state index contributed by atoms with van der Waals surface area (Å²) < 4.78 is 7.39. The second-order valence-electron chi connectivity index (χ2n) is 10.7. The highest BCUT2D eigenvalue weighted by molar-refractivity contribution is 9.10. The number of hydrogen-bond donors (Lipinski definition) is 0. The molecule has 0 saturated heterocycles. The van der Waals surface area contributed by atoms with E-state index in [1.165, 1.54) is 48.9 Å². The Kier molecular flexibility index (Phi) is 12.1. The van der Waals surface area contributed by atoms with Crippen molar-refractivity contribution >= 4 is 41.4 Å². The molecule has 3 rings (SSSR count). The summed E-state index contributed by atoms with van der Waals surface area (Å²) in [4.78, 5) is 4.54. The highest BCUT2D eigenvalue weighted by Gasteiger charge is 2.21. The third-order valence-corrected chi connectivity index (χ3v) is 9.74. The van der Waals surface area contributed by atoms with E-state index in [9.17, 15) is 0 Å². The van der Waals surface area contributed by atoms with Gasteiger partial charge in [-0.15, -0.1) is 0 Å². The monoisotopic (exact) mass is 563 g/mol. The zero-order valence-corrected chi connectivity index (χ0v) is 24.9. The van der Waals surface area contributed by atoms with Crippen molar-refractivity contribution < 1.29 is 4.43 Å². The smallest absolute Gasteiger partial charge is 0.239 e. The van der Waals surface area contributed by atoms with Crippen molar-refractivity contribution in [2.75, 3.05) is 6.61 Å². The lowest BCUT2D eigenvalue weighted by atomic mass is 9.77. The number of aromatic nitrogens is 1. The van der Waals surface area contributed by atoms with Gasteiger partial charge in [0.2, 0.25) is 9.04 Å². The lowest BCUT2D eigenvalue weighted by molar-refractivity contribution is 0.271. The fourth-order valence-corrected chi connectivity index (χ4v) is 7.24. The molecular weight excluding hydrogens is 522 g/mol. The minimum atomic E-state index is -1.59. The maximum absolute atomic E-state index is 6.50. The van der Waals surface area contributed by atoms with Gasteiger partial charge in [0.1, 0.15) is 4.60 Å². The van der Waals surface area contributed by atoms with Gasteiger partial charge in [-0.2, -0.15) is 0 Å². The lowest BCUT2D eigenvalue weighted by Gasteiger charge is -2.28. The summed E-state index contributed by atoms with van der Waals surface area (Å²) in [6, 6.07) is 27.6. The van der Waals surface area contributed by atoms with Crippen molar-refractivity contribution in [1.82, 2.24) is 4.98 Å². The van der Waals surface area contributed by atoms with Gasteiger partial charge in [0, 0.05) is 6.61 Å². The zero-order valence-electron chi connectivity index (χ0n) is 22.2. The molecule has 0 aliphatic heterocycles. The number of rotatable bonds is 14. The molecule has 2 nitrogen and oxygen atoms in total. The summed E-state index contributed by atoms with van der Waals surface area (Å²) in [6.45, 7) is 7.90. The van der Waals surface area contributed by atoms with E-state index >= 15 is 0 Å². The van der Waals surface area contributed by atoms with Crippen molar-refractivity contribution in [3.63, 3.8) is 0 Å². The van der Waals surface area contributed by atoms with Gasteiger partial charge in [-0.05, 0) is 68.7 Å². The molecule has 192 valence electrons. The summed E-state index contributed by atoms with van der Waals surface area (Å²) in [7, 11) is -1.59. The van der Waals surface area contributed by atoms with E-state index in [0.29, 0.717) is 5.92 Å². The van der Waals surface area contributed by atoms with Gasteiger partial charge in [-0.1, -0.05) is 126 Å². The Labute approximate surface area is 229 Å². The molecule has 0 spiro atoms. The van der Waals surface area contributed by atoms with Crippen molar-refractivity contribution in [2.24, 2.45) is 11.3 Å². The molecule has 0 N–H and O–H groups in total. The second kappa shape index (κ2) is 15.3. The molecule has 1 aromatic heterocycles. The van der Waals surface area contributed by atoms with Crippen LogP contribution in [-0.4, -0.2) is 20.6 Å². The van der Waals surface area contributed by atoms with Gasteiger partial charge in [0.05, 0.1) is 5.69 Å². The van der Waals surface area contributed by atoms with Crippen molar-refractivity contribution in [1.29, 1.82) is 0 Å². The Bertz CT molecular complexity index is 993. The summed E-state index contributed by atoms with van der Waals surface area (Å²) >= 11 is 3.47. The SMILES string of the molecule is CC(C)(C)C(C=Cc1cccc(Br)n1)CCCCCCCCO[SiH](c1ccccc1)c1ccccc1. The van der Waals surface area contributed by atoms with Crippen molar-refractivity contribution in [2.45, 2.75) is 65.7 Å². The highest BCUT2D eigenvalue weighted by Crippen LogP contribution is 2.32. The fourth-order valence-electron chi connectivity index (χ4n) is 4.56. The summed E-state index contributed by atoms with van der Waals surface area (Å²) in [6.07, 6.45) is 13.4. The first kappa shape index (κ1) is 28.6. The molecule has 4 heteroatoms. The molecule has 3 aromatic rings. The first-order valence-electron chi connectivity index (χ1n) is 13.5. The fraction of sp³-hybridized carbons (Fsp3) is 0.406. The highest BCUT2D eigenvalue weighted by atomic mass is 79.9. The van der Waals surface area contributed by atoms with Crippen LogP contribution >= 0.6 is 15.9 Å². The van der Waals surface area contributed by atoms with Gasteiger partial charge in [-0.25, -0.2) is 4.98 Å². The van der Waals surface area contributed by atoms with E-state index in [-0.39, 0.29) is 5.41 Å². The zero-order chi connectivity index (χ0) is 25.6. The van der Waals surface area contributed by atoms with E-state index < -0.39 is 9.04 Å². The second-order valence-corrected chi connectivity index (χ2v) is 13.9. The molecule has 0 radical (unpaired) electrons. The quantitative estimate of drug-likeness (QED) is 0.113. The molecular formula is C32H42BrNOSi. The third kappa shape index (κ3) is 10.2. The number of nitrogens with zero attached hydrogens (tertiary/aromatic N) is 1. The summed E-state index contributed by atoms with van der Waals surface area (Å²) in [5, 5.41) is 2.73. The molecule has 0 fully saturated rings. The Morgan fingerprint density at radius 2 is 1.36 bits per heavy atom. The van der Waals surface area contributed by atoms with E-state index in [1.54, 1.807) is 0 Å². The number of allylic oxidation sites excluding steroid dienone is 1. The van der Waals surface area contributed by atoms with Gasteiger partial charge in [0.25, 0.3) is 0 Å². The maximum atomic E-state index is 6.50. The van der Waals surface area contributed by atoms with Gasteiger partial charge in [-0.3, -0.25) is 0 Å². The van der Waals surface area contributed by atoms with Crippen LogP contribution in [0.3, 0.4) is 0 Å². The van der Waals surface area contributed by atoms with Crippen LogP contribution in [0, 0.1) is 11.3 Å². The first-order chi connectivity index (χ1) is 17.4. The van der Waals surface area contributed by atoms with Gasteiger partial charge < -0.3 is 4.43 Å². The van der Waals surface area contributed by atoms with Crippen LogP contribution < -0.4 is 10.4 Å². The molecule has 0 aliphatic rings. The van der Waals surface area contributed by atoms with Crippen LogP contribution in [0.5, 0.6) is 0 Å². The van der Waals surface area contributed by atoms with Gasteiger partial charge >= 0.3 is 0 Å². The topological polar surface area (TPSA) is 22.1 Å². The Balaban J connectivity index is 1.35. The molecule has 0 bridgehead atoms. The van der Waals surface area contributed by atoms with Crippen LogP contribution in [0.4, 0.5) is 0 Å². The van der Waals surface area contributed by atoms with Crippen molar-refractivity contribution in [3.05, 3.63) is 95.2 Å². The molecule has 36 heavy (non-hydrogen) atoms. The Morgan fingerprint density at radius 3 is 1.94 bits per heavy atom. The number of halogens is 1. The molecule has 2 aromatic carbocycles. The molecule has 1 atom stereocenters. The van der Waals surface area contributed by atoms with Crippen LogP contribution in [0.25, 0.3) is 6.08 Å². The predicted octanol–water partition coefficient (Wildman–Crippen LogP) is 7.81. The average molecular weight is 565 g/mol. The van der Waals surface area contributed by atoms with E-state index in [1.807, 2.05) is 12.1 Å². The number of hydrogen-bond acceptors (Lipinski definition) is 2. The van der Waals surface area contributed by atoms with E-state index in [4.69, 9.17) is 4.43 Å². The normalized spacial score (nSPS) is 12.9. The minimum Gasteiger partial charge on any atom is -0.411 e. The lowest BCUT2D eigenvalue weighted by Crippen LogP contribution is -2.45. The predicted molar refractivity (Wildman–Crippen MR) is 161 cm³/mol.